The largest absolute Gasteiger partial charge is 0.445 e. The Hall–Kier alpha value is -1.29. The summed E-state index contributed by atoms with van der Waals surface area (Å²) in [5, 5.41) is 7.81. The minimum atomic E-state index is -4.44. The molecule has 0 aliphatic carbocycles. The van der Waals surface area contributed by atoms with Crippen molar-refractivity contribution in [1.82, 2.24) is 10.2 Å². The normalized spacial score (nSPS) is 10.9. The van der Waals surface area contributed by atoms with Gasteiger partial charge >= 0.3 is 6.18 Å². The number of aromatic nitrogens is 2. The molecule has 0 aliphatic rings. The van der Waals surface area contributed by atoms with Crippen molar-refractivity contribution in [3.8, 4) is 12.3 Å². The molecule has 1 aromatic heterocycles. The lowest BCUT2D eigenvalue weighted by atomic mass is 10.7. The number of hydrogen-bond acceptors (Lipinski definition) is 4. The van der Waals surface area contributed by atoms with Crippen molar-refractivity contribution < 1.29 is 13.2 Å². The van der Waals surface area contributed by atoms with Gasteiger partial charge in [0.25, 0.3) is 0 Å². The SMILES string of the molecule is C#CCNc1nnc(C(F)(F)F)s1. The van der Waals surface area contributed by atoms with Crippen molar-refractivity contribution in [2.75, 3.05) is 11.9 Å². The molecule has 0 spiro atoms. The molecule has 0 radical (unpaired) electrons. The van der Waals surface area contributed by atoms with Gasteiger partial charge in [-0.15, -0.1) is 16.6 Å². The maximum Gasteiger partial charge on any atom is 0.445 e. The highest BCUT2D eigenvalue weighted by Gasteiger charge is 2.35. The third-order valence-electron chi connectivity index (χ3n) is 1.01. The number of alkyl halides is 3. The molecular weight excluding hydrogens is 203 g/mol. The van der Waals surface area contributed by atoms with E-state index in [1.165, 1.54) is 0 Å². The summed E-state index contributed by atoms with van der Waals surface area (Å²) >= 11 is 0.426. The Morgan fingerprint density at radius 3 is 2.62 bits per heavy atom. The number of hydrogen-bond donors (Lipinski definition) is 1. The van der Waals surface area contributed by atoms with Gasteiger partial charge in [0, 0.05) is 0 Å². The van der Waals surface area contributed by atoms with Crippen LogP contribution in [0.25, 0.3) is 0 Å². The molecule has 0 atom stereocenters. The summed E-state index contributed by atoms with van der Waals surface area (Å²) in [5.41, 5.74) is 0. The van der Waals surface area contributed by atoms with Gasteiger partial charge in [-0.25, -0.2) is 0 Å². The molecule has 0 amide bonds. The predicted octanol–water partition coefficient (Wildman–Crippen LogP) is 1.60. The summed E-state index contributed by atoms with van der Waals surface area (Å²) in [6, 6.07) is 0. The molecule has 7 heteroatoms. The predicted molar refractivity (Wildman–Crippen MR) is 42.2 cm³/mol. The molecule has 1 aromatic rings. The van der Waals surface area contributed by atoms with E-state index in [-0.39, 0.29) is 11.7 Å². The highest BCUT2D eigenvalue weighted by Crippen LogP contribution is 2.32. The van der Waals surface area contributed by atoms with E-state index in [1.807, 2.05) is 0 Å². The van der Waals surface area contributed by atoms with Crippen molar-refractivity contribution in [3.05, 3.63) is 5.01 Å². The molecule has 0 bridgehead atoms. The van der Waals surface area contributed by atoms with Crippen molar-refractivity contribution in [2.24, 2.45) is 0 Å². The summed E-state index contributed by atoms with van der Waals surface area (Å²) in [6.45, 7) is 0.131. The minimum absolute atomic E-state index is 0.0743. The van der Waals surface area contributed by atoms with Gasteiger partial charge in [-0.1, -0.05) is 17.3 Å². The van der Waals surface area contributed by atoms with Gasteiger partial charge in [-0.05, 0) is 0 Å². The molecule has 0 saturated heterocycles. The second-order valence-electron chi connectivity index (χ2n) is 1.97. The Morgan fingerprint density at radius 1 is 1.46 bits per heavy atom. The standard InChI is InChI=1S/C6H4F3N3S/c1-2-3-10-5-12-11-4(13-5)6(7,8)9/h1H,3H2,(H,10,12). The second-order valence-corrected chi connectivity index (χ2v) is 2.95. The van der Waals surface area contributed by atoms with E-state index >= 15 is 0 Å². The molecule has 70 valence electrons. The molecule has 0 aliphatic heterocycles. The zero-order chi connectivity index (χ0) is 9.90. The first-order valence-electron chi connectivity index (χ1n) is 3.12. The average Bonchev–Trinajstić information content (AvgIpc) is 2.47. The maximum absolute atomic E-state index is 12.0. The summed E-state index contributed by atoms with van der Waals surface area (Å²) in [6.07, 6.45) is 0.454. The minimum Gasteiger partial charge on any atom is -0.349 e. The fourth-order valence-electron chi connectivity index (χ4n) is 0.536. The number of anilines is 1. The van der Waals surface area contributed by atoms with Crippen molar-refractivity contribution in [1.29, 1.82) is 0 Å². The van der Waals surface area contributed by atoms with Crippen LogP contribution < -0.4 is 5.32 Å². The summed E-state index contributed by atoms with van der Waals surface area (Å²) in [7, 11) is 0. The Kier molecular flexibility index (Phi) is 2.72. The highest BCUT2D eigenvalue weighted by molar-refractivity contribution is 7.15. The van der Waals surface area contributed by atoms with Crippen LogP contribution >= 0.6 is 11.3 Å². The number of nitrogens with one attached hydrogen (secondary N) is 1. The van der Waals surface area contributed by atoms with Crippen molar-refractivity contribution >= 4 is 16.5 Å². The summed E-state index contributed by atoms with van der Waals surface area (Å²) in [5.74, 6) is 2.21. The van der Waals surface area contributed by atoms with Crippen LogP contribution in [0.1, 0.15) is 5.01 Å². The van der Waals surface area contributed by atoms with Crippen LogP contribution in [0.3, 0.4) is 0 Å². The molecule has 0 saturated carbocycles. The first kappa shape index (κ1) is 9.80. The molecule has 0 fully saturated rings. The van der Waals surface area contributed by atoms with Gasteiger partial charge in [-0.3, -0.25) is 0 Å². The molecule has 3 nitrogen and oxygen atoms in total. The van der Waals surface area contributed by atoms with E-state index in [0.717, 1.165) is 0 Å². The lowest BCUT2D eigenvalue weighted by Gasteiger charge is -1.97. The number of rotatable bonds is 2. The molecule has 0 unspecified atom stereocenters. The molecule has 13 heavy (non-hydrogen) atoms. The molecule has 0 aromatic carbocycles. The van der Waals surface area contributed by atoms with Crippen molar-refractivity contribution in [2.45, 2.75) is 6.18 Å². The lowest BCUT2D eigenvalue weighted by Crippen LogP contribution is -2.03. The summed E-state index contributed by atoms with van der Waals surface area (Å²) < 4.78 is 35.9. The van der Waals surface area contributed by atoms with Gasteiger partial charge in [0.15, 0.2) is 0 Å². The van der Waals surface area contributed by atoms with Crippen LogP contribution in [0.5, 0.6) is 0 Å². The first-order chi connectivity index (χ1) is 6.04. The number of halogens is 3. The zero-order valence-electron chi connectivity index (χ0n) is 6.22. The maximum atomic E-state index is 12.0. The number of nitrogens with zero attached hydrogens (tertiary/aromatic N) is 2. The van der Waals surface area contributed by atoms with Crippen LogP contribution in [-0.2, 0) is 6.18 Å². The van der Waals surface area contributed by atoms with Crippen LogP contribution in [0, 0.1) is 12.3 Å². The lowest BCUT2D eigenvalue weighted by molar-refractivity contribution is -0.138. The Labute approximate surface area is 76.0 Å². The molecule has 1 N–H and O–H groups in total. The van der Waals surface area contributed by atoms with E-state index in [2.05, 4.69) is 21.4 Å². The van der Waals surface area contributed by atoms with E-state index in [0.29, 0.717) is 11.3 Å². The van der Waals surface area contributed by atoms with E-state index in [1.54, 1.807) is 0 Å². The van der Waals surface area contributed by atoms with Crippen LogP contribution in [0.4, 0.5) is 18.3 Å². The summed E-state index contributed by atoms with van der Waals surface area (Å²) in [4.78, 5) is 0. The van der Waals surface area contributed by atoms with E-state index < -0.39 is 11.2 Å². The fraction of sp³-hybridized carbons (Fsp3) is 0.333. The van der Waals surface area contributed by atoms with Gasteiger partial charge < -0.3 is 5.32 Å². The third kappa shape index (κ3) is 2.59. The molecular formula is C6H4F3N3S. The Balaban J connectivity index is 2.71. The zero-order valence-corrected chi connectivity index (χ0v) is 7.04. The Bertz CT molecular complexity index is 325. The van der Waals surface area contributed by atoms with E-state index in [9.17, 15) is 13.2 Å². The third-order valence-corrected chi connectivity index (χ3v) is 1.93. The van der Waals surface area contributed by atoms with Gasteiger partial charge in [0.05, 0.1) is 6.54 Å². The average molecular weight is 207 g/mol. The van der Waals surface area contributed by atoms with Crippen LogP contribution in [-0.4, -0.2) is 16.7 Å². The van der Waals surface area contributed by atoms with Crippen molar-refractivity contribution in [3.63, 3.8) is 0 Å². The molecule has 1 heterocycles. The van der Waals surface area contributed by atoms with Gasteiger partial charge in [-0.2, -0.15) is 13.2 Å². The smallest absolute Gasteiger partial charge is 0.349 e. The highest BCUT2D eigenvalue weighted by atomic mass is 32.1. The molecule has 1 rings (SSSR count). The first-order valence-corrected chi connectivity index (χ1v) is 3.93. The van der Waals surface area contributed by atoms with Crippen LogP contribution in [0.2, 0.25) is 0 Å². The second kappa shape index (κ2) is 3.62. The number of terminal acetylenes is 1. The quantitative estimate of drug-likeness (QED) is 0.748. The van der Waals surface area contributed by atoms with E-state index in [4.69, 9.17) is 6.42 Å². The Morgan fingerprint density at radius 2 is 2.15 bits per heavy atom. The monoisotopic (exact) mass is 207 g/mol. The van der Waals surface area contributed by atoms with Gasteiger partial charge in [0.2, 0.25) is 10.1 Å². The fourth-order valence-corrected chi connectivity index (χ4v) is 1.14. The topological polar surface area (TPSA) is 37.8 Å². The van der Waals surface area contributed by atoms with Crippen LogP contribution in [0.15, 0.2) is 0 Å². The van der Waals surface area contributed by atoms with Gasteiger partial charge in [0.1, 0.15) is 0 Å².